The third-order valence-electron chi connectivity index (χ3n) is 5.12. The number of rotatable bonds is 2. The topological polar surface area (TPSA) is 75.2 Å². The molecule has 0 bridgehead atoms. The molecule has 1 aromatic heterocycles. The molecule has 138 valence electrons. The molecule has 4 rings (SSSR count). The fraction of sp³-hybridized carbons (Fsp3) is 0.474. The Morgan fingerprint density at radius 2 is 1.69 bits per heavy atom. The van der Waals surface area contributed by atoms with Crippen molar-refractivity contribution in [2.24, 2.45) is 0 Å². The second-order valence-corrected chi connectivity index (χ2v) is 9.36. The summed E-state index contributed by atoms with van der Waals surface area (Å²) in [6.45, 7) is 4.84. The molecule has 2 aromatic rings. The summed E-state index contributed by atoms with van der Waals surface area (Å²) in [4.78, 5) is 11.7. The molecule has 1 fully saturated rings. The molecule has 26 heavy (non-hydrogen) atoms. The molecule has 2 aliphatic rings. The molecule has 6 nitrogen and oxygen atoms in total. The number of nitrogens with one attached hydrogen (secondary N) is 1. The third kappa shape index (κ3) is 3.59. The molecule has 0 aliphatic carbocycles. The monoisotopic (exact) mass is 372 g/mol. The lowest BCUT2D eigenvalue weighted by Crippen LogP contribution is -2.41. The van der Waals surface area contributed by atoms with E-state index in [9.17, 15) is 8.42 Å². The van der Waals surface area contributed by atoms with Gasteiger partial charge in [0.15, 0.2) is 9.84 Å². The van der Waals surface area contributed by atoms with Crippen molar-refractivity contribution < 1.29 is 8.42 Å². The maximum Gasteiger partial charge on any atom is 0.226 e. The molecular weight excluding hydrogens is 348 g/mol. The van der Waals surface area contributed by atoms with E-state index in [0.717, 1.165) is 42.9 Å². The van der Waals surface area contributed by atoms with Crippen molar-refractivity contribution in [2.45, 2.75) is 19.8 Å². The van der Waals surface area contributed by atoms with Crippen LogP contribution in [0.5, 0.6) is 0 Å². The second-order valence-electron chi connectivity index (χ2n) is 7.05. The highest BCUT2D eigenvalue weighted by molar-refractivity contribution is 7.91. The lowest BCUT2D eigenvalue weighted by molar-refractivity contribution is 0.585. The number of sulfone groups is 1. The van der Waals surface area contributed by atoms with Crippen LogP contribution in [-0.4, -0.2) is 56.1 Å². The predicted molar refractivity (Wildman–Crippen MR) is 103 cm³/mol. The van der Waals surface area contributed by atoms with Gasteiger partial charge < -0.3 is 10.2 Å². The maximum absolute atomic E-state index is 11.8. The van der Waals surface area contributed by atoms with Crippen molar-refractivity contribution in [3.8, 4) is 11.3 Å². The zero-order chi connectivity index (χ0) is 18.1. The Bertz CT molecular complexity index is 896. The van der Waals surface area contributed by atoms with Crippen molar-refractivity contribution in [1.82, 2.24) is 15.3 Å². The molecule has 1 saturated heterocycles. The Hall–Kier alpha value is -1.99. The molecule has 0 spiro atoms. The van der Waals surface area contributed by atoms with Crippen molar-refractivity contribution in [3.05, 3.63) is 41.1 Å². The number of aromatic nitrogens is 2. The van der Waals surface area contributed by atoms with Crippen LogP contribution >= 0.6 is 0 Å². The van der Waals surface area contributed by atoms with Crippen LogP contribution < -0.4 is 10.2 Å². The van der Waals surface area contributed by atoms with Gasteiger partial charge in [-0.2, -0.15) is 0 Å². The van der Waals surface area contributed by atoms with E-state index in [-0.39, 0.29) is 11.5 Å². The molecule has 0 radical (unpaired) electrons. The molecule has 0 atom stereocenters. The second kappa shape index (κ2) is 6.96. The standard InChI is InChI=1S/C19H24N4O2S/c1-14-2-4-15(5-3-14)18-16-6-8-20-9-7-17(16)21-19(22-18)23-10-12-26(24,25)13-11-23/h2-5,20H,6-13H2,1H3. The Labute approximate surface area is 154 Å². The fourth-order valence-electron chi connectivity index (χ4n) is 3.54. The molecule has 1 aromatic carbocycles. The van der Waals surface area contributed by atoms with Gasteiger partial charge in [0.25, 0.3) is 0 Å². The average Bonchev–Trinajstić information content (AvgIpc) is 2.87. The maximum atomic E-state index is 11.8. The van der Waals surface area contributed by atoms with E-state index in [4.69, 9.17) is 9.97 Å². The van der Waals surface area contributed by atoms with Crippen LogP contribution in [0.25, 0.3) is 11.3 Å². The number of fused-ring (bicyclic) bond motifs is 1. The van der Waals surface area contributed by atoms with Gasteiger partial charge in [0.1, 0.15) is 0 Å². The van der Waals surface area contributed by atoms with Crippen LogP contribution in [-0.2, 0) is 22.7 Å². The van der Waals surface area contributed by atoms with Crippen LogP contribution in [0.2, 0.25) is 0 Å². The van der Waals surface area contributed by atoms with Gasteiger partial charge in [-0.15, -0.1) is 0 Å². The van der Waals surface area contributed by atoms with Gasteiger partial charge >= 0.3 is 0 Å². The van der Waals surface area contributed by atoms with E-state index in [1.165, 1.54) is 11.1 Å². The fourth-order valence-corrected chi connectivity index (χ4v) is 4.74. The molecule has 0 amide bonds. The van der Waals surface area contributed by atoms with Gasteiger partial charge in [-0.1, -0.05) is 29.8 Å². The van der Waals surface area contributed by atoms with Gasteiger partial charge in [-0.3, -0.25) is 0 Å². The molecule has 2 aliphatic heterocycles. The summed E-state index contributed by atoms with van der Waals surface area (Å²) < 4.78 is 23.5. The van der Waals surface area contributed by atoms with Crippen molar-refractivity contribution in [3.63, 3.8) is 0 Å². The molecule has 3 heterocycles. The van der Waals surface area contributed by atoms with E-state index < -0.39 is 9.84 Å². The molecular formula is C19H24N4O2S. The molecule has 7 heteroatoms. The lowest BCUT2D eigenvalue weighted by atomic mass is 10.0. The summed E-state index contributed by atoms with van der Waals surface area (Å²) in [7, 11) is -2.92. The minimum atomic E-state index is -2.92. The first kappa shape index (κ1) is 17.4. The number of anilines is 1. The van der Waals surface area contributed by atoms with Crippen LogP contribution in [0.15, 0.2) is 24.3 Å². The SMILES string of the molecule is Cc1ccc(-c2nc(N3CCS(=O)(=O)CC3)nc3c2CCNCC3)cc1. The first-order valence-electron chi connectivity index (χ1n) is 9.15. The van der Waals surface area contributed by atoms with Gasteiger partial charge in [0.2, 0.25) is 5.95 Å². The number of hydrogen-bond acceptors (Lipinski definition) is 6. The highest BCUT2D eigenvalue weighted by Crippen LogP contribution is 2.28. The number of nitrogens with zero attached hydrogens (tertiary/aromatic N) is 3. The van der Waals surface area contributed by atoms with Gasteiger partial charge in [0, 0.05) is 37.2 Å². The summed E-state index contributed by atoms with van der Waals surface area (Å²) in [6, 6.07) is 8.43. The Morgan fingerprint density at radius 1 is 1.00 bits per heavy atom. The van der Waals surface area contributed by atoms with Crippen LogP contribution in [0.1, 0.15) is 16.8 Å². The third-order valence-corrected chi connectivity index (χ3v) is 6.73. The first-order chi connectivity index (χ1) is 12.5. The summed E-state index contributed by atoms with van der Waals surface area (Å²) >= 11 is 0. The lowest BCUT2D eigenvalue weighted by Gasteiger charge is -2.28. The summed E-state index contributed by atoms with van der Waals surface area (Å²) in [5, 5.41) is 3.43. The van der Waals surface area contributed by atoms with Crippen molar-refractivity contribution in [2.75, 3.05) is 42.6 Å². The van der Waals surface area contributed by atoms with E-state index in [0.29, 0.717) is 19.0 Å². The molecule has 0 saturated carbocycles. The van der Waals surface area contributed by atoms with E-state index in [2.05, 4.69) is 36.5 Å². The van der Waals surface area contributed by atoms with E-state index >= 15 is 0 Å². The van der Waals surface area contributed by atoms with Crippen LogP contribution in [0.4, 0.5) is 5.95 Å². The minimum Gasteiger partial charge on any atom is -0.339 e. The van der Waals surface area contributed by atoms with Gasteiger partial charge in [-0.05, 0) is 19.9 Å². The van der Waals surface area contributed by atoms with E-state index in [1.54, 1.807) is 0 Å². The van der Waals surface area contributed by atoms with Crippen LogP contribution in [0, 0.1) is 6.92 Å². The first-order valence-corrected chi connectivity index (χ1v) is 11.0. The molecule has 1 N–H and O–H groups in total. The number of hydrogen-bond donors (Lipinski definition) is 1. The highest BCUT2D eigenvalue weighted by Gasteiger charge is 2.25. The Balaban J connectivity index is 1.77. The normalized spacial score (nSPS) is 19.7. The minimum absolute atomic E-state index is 0.175. The highest BCUT2D eigenvalue weighted by atomic mass is 32.2. The van der Waals surface area contributed by atoms with Crippen LogP contribution in [0.3, 0.4) is 0 Å². The average molecular weight is 372 g/mol. The zero-order valence-electron chi connectivity index (χ0n) is 15.0. The van der Waals surface area contributed by atoms with Gasteiger partial charge in [-0.25, -0.2) is 18.4 Å². The van der Waals surface area contributed by atoms with Crippen molar-refractivity contribution in [1.29, 1.82) is 0 Å². The van der Waals surface area contributed by atoms with Gasteiger partial charge in [0.05, 0.1) is 22.9 Å². The summed E-state index contributed by atoms with van der Waals surface area (Å²) in [6.07, 6.45) is 1.78. The predicted octanol–water partition coefficient (Wildman–Crippen LogP) is 1.38. The zero-order valence-corrected chi connectivity index (χ0v) is 15.8. The largest absolute Gasteiger partial charge is 0.339 e. The smallest absolute Gasteiger partial charge is 0.226 e. The van der Waals surface area contributed by atoms with E-state index in [1.807, 2.05) is 4.90 Å². The quantitative estimate of drug-likeness (QED) is 0.858. The summed E-state index contributed by atoms with van der Waals surface area (Å²) in [5.41, 5.74) is 5.61. The Kier molecular flexibility index (Phi) is 4.67. The Morgan fingerprint density at radius 3 is 2.42 bits per heavy atom. The summed E-state index contributed by atoms with van der Waals surface area (Å²) in [5.74, 6) is 1.01. The number of aryl methyl sites for hydroxylation is 1. The number of benzene rings is 1. The molecule has 0 unspecified atom stereocenters. The van der Waals surface area contributed by atoms with Crippen molar-refractivity contribution >= 4 is 15.8 Å².